The summed E-state index contributed by atoms with van der Waals surface area (Å²) in [5.74, 6) is 0.0415. The number of imidazole rings is 1. The van der Waals surface area contributed by atoms with Crippen LogP contribution < -0.4 is 4.90 Å². The van der Waals surface area contributed by atoms with Gasteiger partial charge in [0, 0.05) is 51.1 Å². The van der Waals surface area contributed by atoms with Gasteiger partial charge < -0.3 is 9.80 Å². The number of carbonyl (C=O) groups is 1. The summed E-state index contributed by atoms with van der Waals surface area (Å²) in [7, 11) is 2.15. The fourth-order valence-corrected chi connectivity index (χ4v) is 2.49. The molecule has 0 saturated carbocycles. The number of rotatable bonds is 2. The normalized spacial score (nSPS) is 17.1. The van der Waals surface area contributed by atoms with E-state index in [0.29, 0.717) is 5.69 Å². The monoisotopic (exact) mass is 258 g/mol. The lowest BCUT2D eigenvalue weighted by Crippen LogP contribution is -2.44. The number of pyridine rings is 1. The maximum Gasteiger partial charge on any atom is 0.178 e. The second-order valence-corrected chi connectivity index (χ2v) is 5.10. The predicted octanol–water partition coefficient (Wildman–Crippen LogP) is 1.29. The van der Waals surface area contributed by atoms with Crippen molar-refractivity contribution in [2.24, 2.45) is 0 Å². The topological polar surface area (TPSA) is 40.9 Å². The van der Waals surface area contributed by atoms with Crippen molar-refractivity contribution in [3.63, 3.8) is 0 Å². The van der Waals surface area contributed by atoms with Crippen LogP contribution in [0.3, 0.4) is 0 Å². The zero-order valence-corrected chi connectivity index (χ0v) is 11.3. The number of hydrogen-bond acceptors (Lipinski definition) is 4. The van der Waals surface area contributed by atoms with Crippen LogP contribution >= 0.6 is 0 Å². The van der Waals surface area contributed by atoms with Crippen LogP contribution in [0.5, 0.6) is 0 Å². The van der Waals surface area contributed by atoms with Gasteiger partial charge in [0.05, 0.1) is 6.20 Å². The fourth-order valence-electron chi connectivity index (χ4n) is 2.49. The zero-order chi connectivity index (χ0) is 13.4. The van der Waals surface area contributed by atoms with Gasteiger partial charge in [-0.05, 0) is 13.1 Å². The number of ketones is 1. The molecule has 0 radical (unpaired) electrons. The van der Waals surface area contributed by atoms with Gasteiger partial charge in [0.25, 0.3) is 0 Å². The summed E-state index contributed by atoms with van der Waals surface area (Å²) < 4.78 is 1.85. The number of Topliss-reactive ketones (excluding diaryl/α,β-unsaturated/α-hetero) is 1. The van der Waals surface area contributed by atoms with E-state index in [2.05, 4.69) is 34.0 Å². The second kappa shape index (κ2) is 4.66. The molecule has 0 bridgehead atoms. The lowest BCUT2D eigenvalue weighted by Gasteiger charge is -2.34. The number of aromatic nitrogens is 2. The van der Waals surface area contributed by atoms with E-state index in [1.54, 1.807) is 13.1 Å². The van der Waals surface area contributed by atoms with Crippen molar-refractivity contribution in [3.05, 3.63) is 30.2 Å². The summed E-state index contributed by atoms with van der Waals surface area (Å²) in [6.45, 7) is 5.80. The first-order chi connectivity index (χ1) is 9.15. The number of nitrogens with zero attached hydrogens (tertiary/aromatic N) is 4. The van der Waals surface area contributed by atoms with Crippen molar-refractivity contribution in [1.82, 2.24) is 14.3 Å². The first-order valence-electron chi connectivity index (χ1n) is 6.57. The molecular weight excluding hydrogens is 240 g/mol. The third kappa shape index (κ3) is 2.21. The smallest absolute Gasteiger partial charge is 0.178 e. The summed E-state index contributed by atoms with van der Waals surface area (Å²) in [6, 6.07) is 4.12. The minimum Gasteiger partial charge on any atom is -0.369 e. The number of carbonyl (C=O) groups excluding carboxylic acids is 1. The molecule has 0 amide bonds. The Bertz CT molecular complexity index is 611. The van der Waals surface area contributed by atoms with Gasteiger partial charge in [0.1, 0.15) is 11.3 Å². The van der Waals surface area contributed by atoms with Crippen LogP contribution in [0.25, 0.3) is 5.65 Å². The molecule has 19 heavy (non-hydrogen) atoms. The average Bonchev–Trinajstić information content (AvgIpc) is 2.82. The number of hydrogen-bond donors (Lipinski definition) is 0. The highest BCUT2D eigenvalue weighted by atomic mass is 16.1. The summed E-state index contributed by atoms with van der Waals surface area (Å²) in [5, 5.41) is 0. The third-order valence-corrected chi connectivity index (χ3v) is 3.73. The highest BCUT2D eigenvalue weighted by Gasteiger charge is 2.15. The molecule has 1 fully saturated rings. The average molecular weight is 258 g/mol. The van der Waals surface area contributed by atoms with E-state index in [4.69, 9.17) is 0 Å². The van der Waals surface area contributed by atoms with Gasteiger partial charge in [-0.25, -0.2) is 4.98 Å². The van der Waals surface area contributed by atoms with E-state index < -0.39 is 0 Å². The molecule has 5 nitrogen and oxygen atoms in total. The minimum atomic E-state index is 0.0415. The third-order valence-electron chi connectivity index (χ3n) is 3.73. The van der Waals surface area contributed by atoms with Crippen LogP contribution in [0.4, 0.5) is 5.69 Å². The summed E-state index contributed by atoms with van der Waals surface area (Å²) in [4.78, 5) is 20.5. The fraction of sp³-hybridized carbons (Fsp3) is 0.429. The Morgan fingerprint density at radius 2 is 2.00 bits per heavy atom. The lowest BCUT2D eigenvalue weighted by atomic mass is 10.2. The van der Waals surface area contributed by atoms with Crippen LogP contribution in [0.15, 0.2) is 24.5 Å². The number of piperazine rings is 1. The van der Waals surface area contributed by atoms with Gasteiger partial charge in [0.2, 0.25) is 0 Å². The van der Waals surface area contributed by atoms with Crippen LogP contribution in [0.2, 0.25) is 0 Å². The predicted molar refractivity (Wildman–Crippen MR) is 74.9 cm³/mol. The van der Waals surface area contributed by atoms with Crippen LogP contribution in [0, 0.1) is 0 Å². The molecule has 2 aromatic heterocycles. The lowest BCUT2D eigenvalue weighted by molar-refractivity contribution is 0.101. The quantitative estimate of drug-likeness (QED) is 0.761. The largest absolute Gasteiger partial charge is 0.369 e. The van der Waals surface area contributed by atoms with Crippen LogP contribution in [0.1, 0.15) is 17.4 Å². The molecule has 0 aliphatic carbocycles. The Balaban J connectivity index is 1.92. The van der Waals surface area contributed by atoms with E-state index in [9.17, 15) is 4.79 Å². The molecule has 3 rings (SSSR count). The zero-order valence-electron chi connectivity index (χ0n) is 11.3. The maximum absolute atomic E-state index is 11.5. The van der Waals surface area contributed by atoms with Crippen LogP contribution in [-0.2, 0) is 0 Å². The Morgan fingerprint density at radius 3 is 2.68 bits per heavy atom. The van der Waals surface area contributed by atoms with Crippen molar-refractivity contribution in [2.75, 3.05) is 38.1 Å². The standard InChI is InChI=1S/C14H18N4O/c1-11(19)13-10-15-14-9-12(3-4-18(13)14)17-7-5-16(2)6-8-17/h3-4,9-10H,5-8H2,1-2H3. The van der Waals surface area contributed by atoms with E-state index in [1.165, 1.54) is 5.69 Å². The molecule has 3 heterocycles. The van der Waals surface area contributed by atoms with Gasteiger partial charge in [-0.15, -0.1) is 0 Å². The molecule has 1 saturated heterocycles. The van der Waals surface area contributed by atoms with Gasteiger partial charge >= 0.3 is 0 Å². The van der Waals surface area contributed by atoms with E-state index in [1.807, 2.05) is 10.6 Å². The SMILES string of the molecule is CC(=O)c1cnc2cc(N3CCN(C)CC3)ccn12. The molecule has 0 aromatic carbocycles. The van der Waals surface area contributed by atoms with E-state index >= 15 is 0 Å². The molecule has 0 N–H and O–H groups in total. The van der Waals surface area contributed by atoms with Crippen molar-refractivity contribution in [1.29, 1.82) is 0 Å². The summed E-state index contributed by atoms with van der Waals surface area (Å²) in [6.07, 6.45) is 3.58. The number of fused-ring (bicyclic) bond motifs is 1. The van der Waals surface area contributed by atoms with Crippen molar-refractivity contribution < 1.29 is 4.79 Å². The first kappa shape index (κ1) is 12.2. The molecule has 0 atom stereocenters. The van der Waals surface area contributed by atoms with Crippen molar-refractivity contribution >= 4 is 17.1 Å². The highest BCUT2D eigenvalue weighted by Crippen LogP contribution is 2.19. The Labute approximate surface area is 112 Å². The van der Waals surface area contributed by atoms with E-state index in [-0.39, 0.29) is 5.78 Å². The van der Waals surface area contributed by atoms with Gasteiger partial charge in [-0.3, -0.25) is 9.20 Å². The Kier molecular flexibility index (Phi) is 2.98. The summed E-state index contributed by atoms with van der Waals surface area (Å²) in [5.41, 5.74) is 2.66. The molecular formula is C14H18N4O. The molecule has 0 spiro atoms. The Hall–Kier alpha value is -1.88. The van der Waals surface area contributed by atoms with Gasteiger partial charge in [-0.2, -0.15) is 0 Å². The number of likely N-dealkylation sites (N-methyl/N-ethyl adjacent to an activating group) is 1. The molecule has 100 valence electrons. The van der Waals surface area contributed by atoms with Gasteiger partial charge in [-0.1, -0.05) is 0 Å². The molecule has 5 heteroatoms. The maximum atomic E-state index is 11.5. The second-order valence-electron chi connectivity index (χ2n) is 5.10. The van der Waals surface area contributed by atoms with Crippen molar-refractivity contribution in [2.45, 2.75) is 6.92 Å². The summed E-state index contributed by atoms with van der Waals surface area (Å²) >= 11 is 0. The highest BCUT2D eigenvalue weighted by molar-refractivity contribution is 5.93. The Morgan fingerprint density at radius 1 is 1.26 bits per heavy atom. The van der Waals surface area contributed by atoms with Gasteiger partial charge in [0.15, 0.2) is 5.78 Å². The van der Waals surface area contributed by atoms with Crippen LogP contribution in [-0.4, -0.2) is 53.3 Å². The molecule has 2 aromatic rings. The van der Waals surface area contributed by atoms with Crippen molar-refractivity contribution in [3.8, 4) is 0 Å². The minimum absolute atomic E-state index is 0.0415. The molecule has 1 aliphatic heterocycles. The number of anilines is 1. The van der Waals surface area contributed by atoms with E-state index in [0.717, 1.165) is 31.8 Å². The molecule has 0 unspecified atom stereocenters. The molecule has 1 aliphatic rings. The first-order valence-corrected chi connectivity index (χ1v) is 6.57.